The Morgan fingerprint density at radius 1 is 1.08 bits per heavy atom. The van der Waals surface area contributed by atoms with Gasteiger partial charge in [-0.2, -0.15) is 0 Å². The van der Waals surface area contributed by atoms with Crippen LogP contribution in [0.5, 0.6) is 0 Å². The first-order valence-electron chi connectivity index (χ1n) is 7.97. The van der Waals surface area contributed by atoms with Gasteiger partial charge in [-0.1, -0.05) is 29.3 Å². The molecule has 0 saturated carbocycles. The maximum atomic E-state index is 6.24. The lowest BCUT2D eigenvalue weighted by atomic mass is 10.1. The highest BCUT2D eigenvalue weighted by Crippen LogP contribution is 2.32. The SMILES string of the molecule is C[C@H](Nc1ccc2c(c1)COC2)c1ncc(-c2ccc(Cl)cc2Cl)o1. The molecule has 0 bridgehead atoms. The highest BCUT2D eigenvalue weighted by molar-refractivity contribution is 6.36. The van der Waals surface area contributed by atoms with Gasteiger partial charge in [0.25, 0.3) is 0 Å². The fourth-order valence-electron chi connectivity index (χ4n) is 2.88. The first-order chi connectivity index (χ1) is 12.1. The number of hydrogen-bond acceptors (Lipinski definition) is 4. The van der Waals surface area contributed by atoms with Crippen LogP contribution in [0.15, 0.2) is 47.0 Å². The fraction of sp³-hybridized carbons (Fsp3) is 0.211. The predicted octanol–water partition coefficient (Wildman–Crippen LogP) is 5.85. The summed E-state index contributed by atoms with van der Waals surface area (Å²) >= 11 is 12.2. The average Bonchev–Trinajstić information content (AvgIpc) is 3.23. The van der Waals surface area contributed by atoms with Crippen molar-refractivity contribution < 1.29 is 9.15 Å². The number of rotatable bonds is 4. The van der Waals surface area contributed by atoms with Crippen LogP contribution in [0.3, 0.4) is 0 Å². The maximum absolute atomic E-state index is 6.24. The van der Waals surface area contributed by atoms with E-state index in [1.165, 1.54) is 11.1 Å². The lowest BCUT2D eigenvalue weighted by molar-refractivity contribution is 0.134. The summed E-state index contributed by atoms with van der Waals surface area (Å²) in [4.78, 5) is 4.38. The molecule has 0 saturated heterocycles. The Bertz CT molecular complexity index is 924. The van der Waals surface area contributed by atoms with Gasteiger partial charge in [-0.05, 0) is 48.4 Å². The van der Waals surface area contributed by atoms with Crippen LogP contribution in [0.2, 0.25) is 10.0 Å². The molecular weight excluding hydrogens is 359 g/mol. The van der Waals surface area contributed by atoms with Crippen LogP contribution in [0.25, 0.3) is 11.3 Å². The maximum Gasteiger partial charge on any atom is 0.217 e. The van der Waals surface area contributed by atoms with Crippen molar-refractivity contribution in [2.75, 3.05) is 5.32 Å². The van der Waals surface area contributed by atoms with Gasteiger partial charge in [0, 0.05) is 16.3 Å². The van der Waals surface area contributed by atoms with Crippen molar-refractivity contribution in [3.05, 3.63) is 69.7 Å². The molecule has 0 spiro atoms. The van der Waals surface area contributed by atoms with Crippen LogP contribution >= 0.6 is 23.2 Å². The van der Waals surface area contributed by atoms with E-state index in [1.807, 2.05) is 19.1 Å². The molecule has 1 aromatic heterocycles. The topological polar surface area (TPSA) is 47.3 Å². The van der Waals surface area contributed by atoms with Gasteiger partial charge >= 0.3 is 0 Å². The molecule has 4 rings (SSSR count). The number of nitrogens with zero attached hydrogens (tertiary/aromatic N) is 1. The molecule has 4 nitrogen and oxygen atoms in total. The number of ether oxygens (including phenoxy) is 1. The molecule has 0 fully saturated rings. The number of hydrogen-bond donors (Lipinski definition) is 1. The van der Waals surface area contributed by atoms with Crippen LogP contribution in [0.1, 0.15) is 30.0 Å². The monoisotopic (exact) mass is 374 g/mol. The van der Waals surface area contributed by atoms with E-state index in [-0.39, 0.29) is 6.04 Å². The molecule has 0 unspecified atom stereocenters. The molecule has 25 heavy (non-hydrogen) atoms. The number of benzene rings is 2. The standard InChI is InChI=1S/C19H16Cl2N2O2/c1-11(23-15-4-2-12-9-24-10-13(12)6-15)19-22-8-18(25-19)16-5-3-14(20)7-17(16)21/h2-8,11,23H,9-10H2,1H3/t11-/m0/s1. The van der Waals surface area contributed by atoms with Crippen molar-refractivity contribution in [2.45, 2.75) is 26.2 Å². The summed E-state index contributed by atoms with van der Waals surface area (Å²) in [6.45, 7) is 3.36. The van der Waals surface area contributed by atoms with E-state index in [0.717, 1.165) is 11.3 Å². The molecule has 3 aromatic rings. The van der Waals surface area contributed by atoms with E-state index in [4.69, 9.17) is 32.4 Å². The highest BCUT2D eigenvalue weighted by Gasteiger charge is 2.17. The van der Waals surface area contributed by atoms with Gasteiger partial charge < -0.3 is 14.5 Å². The first-order valence-corrected chi connectivity index (χ1v) is 8.73. The molecule has 0 amide bonds. The van der Waals surface area contributed by atoms with E-state index < -0.39 is 0 Å². The Kier molecular flexibility index (Phi) is 4.42. The van der Waals surface area contributed by atoms with Crippen molar-refractivity contribution in [1.82, 2.24) is 4.98 Å². The van der Waals surface area contributed by atoms with Crippen LogP contribution in [-0.4, -0.2) is 4.98 Å². The van der Waals surface area contributed by atoms with E-state index in [2.05, 4.69) is 22.4 Å². The van der Waals surface area contributed by atoms with Crippen molar-refractivity contribution in [2.24, 2.45) is 0 Å². The third-order valence-corrected chi connectivity index (χ3v) is 4.74. The lowest BCUT2D eigenvalue weighted by Gasteiger charge is -2.13. The number of anilines is 1. The molecule has 6 heteroatoms. The molecule has 0 radical (unpaired) electrons. The minimum atomic E-state index is -0.0832. The van der Waals surface area contributed by atoms with Crippen molar-refractivity contribution >= 4 is 28.9 Å². The molecule has 2 aromatic carbocycles. The molecule has 128 valence electrons. The Morgan fingerprint density at radius 3 is 2.76 bits per heavy atom. The highest BCUT2D eigenvalue weighted by atomic mass is 35.5. The van der Waals surface area contributed by atoms with Gasteiger partial charge in [-0.25, -0.2) is 4.98 Å². The summed E-state index contributed by atoms with van der Waals surface area (Å²) in [5, 5.41) is 4.53. The van der Waals surface area contributed by atoms with E-state index >= 15 is 0 Å². The number of oxazole rings is 1. The third kappa shape index (κ3) is 3.38. The summed E-state index contributed by atoms with van der Waals surface area (Å²) in [7, 11) is 0. The number of aromatic nitrogens is 1. The third-order valence-electron chi connectivity index (χ3n) is 4.20. The molecule has 1 N–H and O–H groups in total. The molecule has 0 aliphatic carbocycles. The number of halogens is 2. The predicted molar refractivity (Wildman–Crippen MR) is 98.9 cm³/mol. The van der Waals surface area contributed by atoms with Gasteiger partial charge in [-0.3, -0.25) is 0 Å². The smallest absolute Gasteiger partial charge is 0.217 e. The zero-order chi connectivity index (χ0) is 17.4. The van der Waals surface area contributed by atoms with Crippen LogP contribution < -0.4 is 5.32 Å². The van der Waals surface area contributed by atoms with Crippen molar-refractivity contribution in [1.29, 1.82) is 0 Å². The molecule has 1 atom stereocenters. The normalized spacial score (nSPS) is 14.4. The van der Waals surface area contributed by atoms with Crippen LogP contribution in [-0.2, 0) is 18.0 Å². The first kappa shape index (κ1) is 16.5. The molecule has 1 aliphatic rings. The van der Waals surface area contributed by atoms with Crippen molar-refractivity contribution in [3.8, 4) is 11.3 Å². The Morgan fingerprint density at radius 2 is 1.92 bits per heavy atom. The summed E-state index contributed by atoms with van der Waals surface area (Å²) in [6.07, 6.45) is 1.68. The second kappa shape index (κ2) is 6.71. The quantitative estimate of drug-likeness (QED) is 0.621. The second-order valence-electron chi connectivity index (χ2n) is 6.03. The van der Waals surface area contributed by atoms with Gasteiger partial charge in [0.1, 0.15) is 6.04 Å². The summed E-state index contributed by atoms with van der Waals surface area (Å²) in [6, 6.07) is 11.5. The Balaban J connectivity index is 1.53. The zero-order valence-electron chi connectivity index (χ0n) is 13.6. The van der Waals surface area contributed by atoms with Gasteiger partial charge in [0.15, 0.2) is 5.76 Å². The summed E-state index contributed by atoms with van der Waals surface area (Å²) < 4.78 is 11.3. The number of fused-ring (bicyclic) bond motifs is 1. The molecule has 2 heterocycles. The summed E-state index contributed by atoms with van der Waals surface area (Å²) in [5.74, 6) is 1.21. The molecule has 1 aliphatic heterocycles. The van der Waals surface area contributed by atoms with Gasteiger partial charge in [0.05, 0.1) is 24.4 Å². The van der Waals surface area contributed by atoms with Crippen LogP contribution in [0, 0.1) is 0 Å². The fourth-order valence-corrected chi connectivity index (χ4v) is 3.38. The average molecular weight is 375 g/mol. The van der Waals surface area contributed by atoms with Gasteiger partial charge in [0.2, 0.25) is 5.89 Å². The van der Waals surface area contributed by atoms with Crippen molar-refractivity contribution in [3.63, 3.8) is 0 Å². The zero-order valence-corrected chi connectivity index (χ0v) is 15.1. The Labute approximate surface area is 155 Å². The molecular formula is C19H16Cl2N2O2. The minimum Gasteiger partial charge on any atom is -0.438 e. The second-order valence-corrected chi connectivity index (χ2v) is 6.87. The minimum absolute atomic E-state index is 0.0832. The van der Waals surface area contributed by atoms with E-state index in [0.29, 0.717) is 34.9 Å². The lowest BCUT2D eigenvalue weighted by Crippen LogP contribution is -2.07. The Hall–Kier alpha value is -2.01. The van der Waals surface area contributed by atoms with Gasteiger partial charge in [-0.15, -0.1) is 0 Å². The van der Waals surface area contributed by atoms with Crippen LogP contribution in [0.4, 0.5) is 5.69 Å². The largest absolute Gasteiger partial charge is 0.438 e. The number of nitrogens with one attached hydrogen (secondary N) is 1. The summed E-state index contributed by atoms with van der Waals surface area (Å²) in [5.41, 5.74) is 4.25. The van der Waals surface area contributed by atoms with E-state index in [9.17, 15) is 0 Å². The van der Waals surface area contributed by atoms with E-state index in [1.54, 1.807) is 18.3 Å².